The van der Waals surface area contributed by atoms with Gasteiger partial charge in [0.1, 0.15) is 0 Å². The molecule has 0 bridgehead atoms. The van der Waals surface area contributed by atoms with Crippen molar-refractivity contribution in [3.63, 3.8) is 0 Å². The van der Waals surface area contributed by atoms with Gasteiger partial charge in [0.25, 0.3) is 0 Å². The van der Waals surface area contributed by atoms with Gasteiger partial charge < -0.3 is 0 Å². The minimum Gasteiger partial charge on any atom is -0.198 e. The number of hydrogen-bond donors (Lipinski definition) is 0. The van der Waals surface area contributed by atoms with E-state index in [9.17, 15) is 26.3 Å². The largest absolute Gasteiger partial charge is 0.375 e. The van der Waals surface area contributed by atoms with Gasteiger partial charge in [-0.25, -0.2) is 0 Å². The van der Waals surface area contributed by atoms with Gasteiger partial charge in [0.05, 0.1) is 0 Å². The van der Waals surface area contributed by atoms with Crippen molar-refractivity contribution in [3.05, 3.63) is 0 Å². The smallest absolute Gasteiger partial charge is 0.198 e. The highest BCUT2D eigenvalue weighted by atomic mass is 35.5. The minimum absolute atomic E-state index is 3.11. The van der Waals surface area contributed by atoms with E-state index in [1.807, 2.05) is 0 Å². The van der Waals surface area contributed by atoms with E-state index in [0.717, 1.165) is 0 Å². The predicted molar refractivity (Wildman–Crippen MR) is 24.5 cm³/mol. The van der Waals surface area contributed by atoms with Crippen molar-refractivity contribution in [2.45, 2.75) is 23.1 Å². The third-order valence-electron chi connectivity index (χ3n) is 1.47. The second-order valence-electron chi connectivity index (χ2n) is 2.18. The maximum atomic E-state index is 11.8. The fourth-order valence-electron chi connectivity index (χ4n) is 0.690. The average Bonchev–Trinajstić information content (AvgIpc) is 1.84. The van der Waals surface area contributed by atoms with Crippen LogP contribution in [0.3, 0.4) is 0 Å². The van der Waals surface area contributed by atoms with Crippen molar-refractivity contribution in [2.24, 2.45) is 0 Å². The van der Waals surface area contributed by atoms with Gasteiger partial charge in [-0.2, -0.15) is 26.3 Å². The summed E-state index contributed by atoms with van der Waals surface area (Å²) in [6, 6.07) is 0. The van der Waals surface area contributed by atoms with E-state index in [2.05, 4.69) is 11.6 Å². The van der Waals surface area contributed by atoms with Crippen LogP contribution in [0.2, 0.25) is 0 Å². The molecule has 0 aromatic carbocycles. The van der Waals surface area contributed by atoms with Crippen LogP contribution in [0, 0.1) is 0 Å². The van der Waals surface area contributed by atoms with E-state index in [4.69, 9.17) is 0 Å². The molecule has 0 atom stereocenters. The first kappa shape index (κ1) is 8.96. The van der Waals surface area contributed by atoms with Gasteiger partial charge in [-0.3, -0.25) is 0 Å². The fraction of sp³-hybridized carbons (Fsp3) is 1.00. The number of alkyl halides is 7. The third kappa shape index (κ3) is 0.685. The summed E-state index contributed by atoms with van der Waals surface area (Å²) in [7, 11) is 0. The van der Waals surface area contributed by atoms with Crippen LogP contribution in [0.1, 0.15) is 0 Å². The van der Waals surface area contributed by atoms with E-state index in [1.165, 1.54) is 0 Å². The van der Waals surface area contributed by atoms with Crippen molar-refractivity contribution < 1.29 is 26.3 Å². The summed E-state index contributed by atoms with van der Waals surface area (Å²) >= 11 is 4.34. The van der Waals surface area contributed by atoms with E-state index in [0.29, 0.717) is 0 Å². The molecule has 0 spiro atoms. The Labute approximate surface area is 62.1 Å². The minimum atomic E-state index is -5.31. The Kier molecular flexibility index (Phi) is 1.45. The Balaban J connectivity index is 2.98. The van der Waals surface area contributed by atoms with Crippen LogP contribution in [0.25, 0.3) is 0 Å². The molecule has 0 unspecified atom stereocenters. The Morgan fingerprint density at radius 2 is 1.09 bits per heavy atom. The summed E-state index contributed by atoms with van der Waals surface area (Å²) in [5, 5.41) is -3.11. The summed E-state index contributed by atoms with van der Waals surface area (Å²) in [4.78, 5) is 0. The quantitative estimate of drug-likeness (QED) is 0.414. The standard InChI is InChI=1S/C4HClF6/c5-1-2(6,7)4(10,11)3(1,8)9/h1H. The highest BCUT2D eigenvalue weighted by molar-refractivity contribution is 6.23. The van der Waals surface area contributed by atoms with Gasteiger partial charge in [0, 0.05) is 0 Å². The Hall–Kier alpha value is -0.130. The van der Waals surface area contributed by atoms with Gasteiger partial charge in [-0.05, 0) is 0 Å². The van der Waals surface area contributed by atoms with Crippen molar-refractivity contribution in [3.8, 4) is 0 Å². The molecule has 1 aliphatic carbocycles. The zero-order valence-electron chi connectivity index (χ0n) is 4.72. The molecule has 1 fully saturated rings. The second kappa shape index (κ2) is 1.78. The van der Waals surface area contributed by atoms with E-state index in [-0.39, 0.29) is 0 Å². The number of rotatable bonds is 0. The van der Waals surface area contributed by atoms with Crippen LogP contribution in [0.5, 0.6) is 0 Å². The first-order valence-electron chi connectivity index (χ1n) is 2.43. The number of halogens is 7. The molecular weight excluding hydrogens is 197 g/mol. The summed E-state index contributed by atoms with van der Waals surface area (Å²) in [5.41, 5.74) is 0. The lowest BCUT2D eigenvalue weighted by molar-refractivity contribution is -0.391. The zero-order valence-corrected chi connectivity index (χ0v) is 5.48. The van der Waals surface area contributed by atoms with E-state index in [1.54, 1.807) is 0 Å². The van der Waals surface area contributed by atoms with Gasteiger partial charge >= 0.3 is 17.8 Å². The highest BCUT2D eigenvalue weighted by Gasteiger charge is 2.90. The SMILES string of the molecule is FC1(F)C(Cl)C(F)(F)C1(F)F. The lowest BCUT2D eigenvalue weighted by Gasteiger charge is -2.46. The molecule has 1 aliphatic rings. The van der Waals surface area contributed by atoms with Crippen molar-refractivity contribution in [1.82, 2.24) is 0 Å². The Morgan fingerprint density at radius 1 is 0.818 bits per heavy atom. The first-order chi connectivity index (χ1) is 4.65. The van der Waals surface area contributed by atoms with Crippen LogP contribution in [-0.2, 0) is 0 Å². The van der Waals surface area contributed by atoms with Crippen LogP contribution in [-0.4, -0.2) is 23.1 Å². The summed E-state index contributed by atoms with van der Waals surface area (Å²) < 4.78 is 70.9. The third-order valence-corrected chi connectivity index (χ3v) is 2.02. The zero-order chi connectivity index (χ0) is 9.08. The molecule has 7 heteroatoms. The normalized spacial score (nSPS) is 33.0. The Bertz CT molecular complexity index is 169. The Morgan fingerprint density at radius 3 is 1.18 bits per heavy atom. The summed E-state index contributed by atoms with van der Waals surface area (Å²) in [6.45, 7) is 0. The molecule has 0 N–H and O–H groups in total. The van der Waals surface area contributed by atoms with Crippen LogP contribution >= 0.6 is 11.6 Å². The van der Waals surface area contributed by atoms with Crippen molar-refractivity contribution >= 4 is 11.6 Å². The van der Waals surface area contributed by atoms with E-state index < -0.39 is 23.1 Å². The highest BCUT2D eigenvalue weighted by Crippen LogP contribution is 2.62. The van der Waals surface area contributed by atoms with Gasteiger partial charge in [0.2, 0.25) is 0 Å². The van der Waals surface area contributed by atoms with E-state index >= 15 is 0 Å². The summed E-state index contributed by atoms with van der Waals surface area (Å²) in [6.07, 6.45) is 0. The molecule has 0 aromatic rings. The fourth-order valence-corrected chi connectivity index (χ4v) is 0.965. The van der Waals surface area contributed by atoms with Gasteiger partial charge in [0.15, 0.2) is 5.38 Å². The molecule has 0 heterocycles. The number of hydrogen-bond acceptors (Lipinski definition) is 0. The monoisotopic (exact) mass is 198 g/mol. The molecule has 0 nitrogen and oxygen atoms in total. The van der Waals surface area contributed by atoms with Gasteiger partial charge in [-0.15, -0.1) is 11.6 Å². The van der Waals surface area contributed by atoms with Crippen LogP contribution in [0.4, 0.5) is 26.3 Å². The lowest BCUT2D eigenvalue weighted by Crippen LogP contribution is -2.76. The predicted octanol–water partition coefficient (Wildman–Crippen LogP) is 2.51. The molecule has 66 valence electrons. The average molecular weight is 198 g/mol. The molecule has 0 aliphatic heterocycles. The molecule has 0 aromatic heterocycles. The first-order valence-corrected chi connectivity index (χ1v) is 2.87. The van der Waals surface area contributed by atoms with Crippen LogP contribution < -0.4 is 0 Å². The molecule has 0 saturated heterocycles. The van der Waals surface area contributed by atoms with Crippen molar-refractivity contribution in [1.29, 1.82) is 0 Å². The van der Waals surface area contributed by atoms with Crippen LogP contribution in [0.15, 0.2) is 0 Å². The molecule has 0 amide bonds. The molecular formula is C4HClF6. The van der Waals surface area contributed by atoms with Crippen molar-refractivity contribution in [2.75, 3.05) is 0 Å². The maximum absolute atomic E-state index is 11.8. The molecule has 11 heavy (non-hydrogen) atoms. The van der Waals surface area contributed by atoms with Gasteiger partial charge in [-0.1, -0.05) is 0 Å². The summed E-state index contributed by atoms with van der Waals surface area (Å²) in [5.74, 6) is -14.9. The maximum Gasteiger partial charge on any atom is 0.375 e. The molecule has 1 rings (SSSR count). The second-order valence-corrected chi connectivity index (χ2v) is 2.62. The molecule has 0 radical (unpaired) electrons. The topological polar surface area (TPSA) is 0 Å². The molecule has 1 saturated carbocycles. The lowest BCUT2D eigenvalue weighted by atomic mass is 9.84.